The first kappa shape index (κ1) is 28.1. The lowest BCUT2D eigenvalue weighted by atomic mass is 10.0. The summed E-state index contributed by atoms with van der Waals surface area (Å²) in [6.07, 6.45) is -1.17. The van der Waals surface area contributed by atoms with E-state index in [1.165, 1.54) is 36.0 Å². The number of benzene rings is 2. The molecule has 2 aromatic carbocycles. The Labute approximate surface area is 213 Å². The smallest absolute Gasteiger partial charge is 0.322 e. The molecule has 1 fully saturated rings. The number of thioether (sulfide) groups is 1. The van der Waals surface area contributed by atoms with Gasteiger partial charge in [-0.1, -0.05) is 36.4 Å². The van der Waals surface area contributed by atoms with E-state index in [1.807, 2.05) is 0 Å². The lowest BCUT2D eigenvalue weighted by Crippen LogP contribution is -2.68. The zero-order valence-electron chi connectivity index (χ0n) is 19.5. The normalized spacial score (nSPS) is 22.9. The zero-order valence-corrected chi connectivity index (χ0v) is 21.1. The van der Waals surface area contributed by atoms with E-state index >= 15 is 0 Å². The summed E-state index contributed by atoms with van der Waals surface area (Å²) in [5, 5.41) is 33.1. The monoisotopic (exact) mass is 539 g/mol. The average Bonchev–Trinajstić information content (AvgIpc) is 3.17. The molecule has 1 aliphatic heterocycles. The molecule has 0 spiro atoms. The molecule has 11 nitrogen and oxygen atoms in total. The molecule has 4 atom stereocenters. The van der Waals surface area contributed by atoms with Gasteiger partial charge in [0.05, 0.1) is 11.5 Å². The molecule has 13 heteroatoms. The first-order valence-corrected chi connectivity index (χ1v) is 13.9. The molecule has 196 valence electrons. The predicted octanol–water partition coefficient (Wildman–Crippen LogP) is 0.267. The molecule has 36 heavy (non-hydrogen) atoms. The highest BCUT2D eigenvalue weighted by Gasteiger charge is 2.55. The van der Waals surface area contributed by atoms with E-state index in [2.05, 4.69) is 10.1 Å². The third kappa shape index (κ3) is 6.42. The summed E-state index contributed by atoms with van der Waals surface area (Å²) in [6.45, 7) is -0.978. The number of ether oxygens (including phenoxy) is 1. The number of carboxylic acid groups (broad SMARTS) is 1. The lowest BCUT2D eigenvalue weighted by molar-refractivity contribution is -0.199. The molecular weight excluding hydrogens is 510 g/mol. The minimum atomic E-state index is -3.93. The minimum Gasteiger partial charge on any atom is -0.480 e. The van der Waals surface area contributed by atoms with E-state index in [-0.39, 0.29) is 16.9 Å². The van der Waals surface area contributed by atoms with Gasteiger partial charge in [0.25, 0.3) is 5.91 Å². The summed E-state index contributed by atoms with van der Waals surface area (Å²) in [6, 6.07) is 14.1. The number of hydrogen-bond donors (Lipinski definition) is 5. The fourth-order valence-corrected chi connectivity index (χ4v) is 5.29. The van der Waals surface area contributed by atoms with Crippen molar-refractivity contribution >= 4 is 33.7 Å². The van der Waals surface area contributed by atoms with E-state index in [1.54, 1.807) is 42.7 Å². The van der Waals surface area contributed by atoms with Crippen molar-refractivity contribution in [3.63, 3.8) is 0 Å². The largest absolute Gasteiger partial charge is 0.480 e. The van der Waals surface area contributed by atoms with Crippen molar-refractivity contribution in [2.45, 2.75) is 35.3 Å². The highest BCUT2D eigenvalue weighted by Crippen LogP contribution is 2.30. The van der Waals surface area contributed by atoms with E-state index in [0.29, 0.717) is 5.75 Å². The van der Waals surface area contributed by atoms with Crippen LogP contribution in [0.2, 0.25) is 0 Å². The second-order valence-corrected chi connectivity index (χ2v) is 10.9. The second-order valence-electron chi connectivity index (χ2n) is 8.15. The number of hydrazine groups is 1. The number of hydrogen-bond acceptors (Lipinski definition) is 9. The number of sulfonamides is 1. The van der Waals surface area contributed by atoms with Crippen LogP contribution in [0.25, 0.3) is 0 Å². The highest BCUT2D eigenvalue weighted by atomic mass is 32.2. The standard InChI is InChI=1S/C23H29N3O8S2/c1-35-13-12-18(22(29)30)26(25-21(28)16-8-4-2-5-9-16)23(31)15-34-19(20(23)27)14-24-36(32,33)17-10-6-3-7-11-17/h2-11,18-20,24,27,31H,12-15H2,1H3,(H,25,28)(H,29,30)/t18-,19+,20+,23-/m0/s1. The maximum absolute atomic E-state index is 12.9. The quantitative estimate of drug-likeness (QED) is 0.187. The number of amides is 1. The van der Waals surface area contributed by atoms with E-state index in [9.17, 15) is 33.3 Å². The summed E-state index contributed by atoms with van der Waals surface area (Å²) in [4.78, 5) is 25.0. The van der Waals surface area contributed by atoms with Crippen LogP contribution in [0.4, 0.5) is 0 Å². The lowest BCUT2D eigenvalue weighted by Gasteiger charge is -2.41. The number of carbonyl (C=O) groups excluding carboxylic acids is 1. The van der Waals surface area contributed by atoms with Crippen molar-refractivity contribution in [3.8, 4) is 0 Å². The summed E-state index contributed by atoms with van der Waals surface area (Å²) in [5.74, 6) is -1.63. The Balaban J connectivity index is 1.83. The van der Waals surface area contributed by atoms with Crippen LogP contribution in [0.1, 0.15) is 16.8 Å². The van der Waals surface area contributed by atoms with E-state index in [0.717, 1.165) is 5.01 Å². The van der Waals surface area contributed by atoms with Crippen molar-refractivity contribution in [2.24, 2.45) is 0 Å². The van der Waals surface area contributed by atoms with Gasteiger partial charge in [-0.05, 0) is 42.7 Å². The molecule has 0 bridgehead atoms. The molecule has 3 rings (SSSR count). The first-order valence-electron chi connectivity index (χ1n) is 11.0. The Morgan fingerprint density at radius 1 is 1.17 bits per heavy atom. The summed E-state index contributed by atoms with van der Waals surface area (Å²) >= 11 is 1.38. The molecule has 0 aromatic heterocycles. The molecule has 5 N–H and O–H groups in total. The SMILES string of the molecule is CSCC[C@@H](C(=O)O)N(NC(=O)c1ccccc1)[C@]1(O)CO[C@H](CNS(=O)(=O)c2ccccc2)[C@H]1O. The highest BCUT2D eigenvalue weighted by molar-refractivity contribution is 7.98. The Kier molecular flexibility index (Phi) is 9.47. The number of carbonyl (C=O) groups is 2. The van der Waals surface area contributed by atoms with Crippen LogP contribution < -0.4 is 10.1 Å². The molecular formula is C23H29N3O8S2. The van der Waals surface area contributed by atoms with Crippen LogP contribution in [0.5, 0.6) is 0 Å². The van der Waals surface area contributed by atoms with Crippen molar-refractivity contribution in [3.05, 3.63) is 66.2 Å². The van der Waals surface area contributed by atoms with Crippen molar-refractivity contribution < 1.29 is 38.1 Å². The van der Waals surface area contributed by atoms with Gasteiger partial charge in [0.1, 0.15) is 18.2 Å². The Hall–Kier alpha value is -2.52. The fraction of sp³-hybridized carbons (Fsp3) is 0.391. The van der Waals surface area contributed by atoms with Gasteiger partial charge in [-0.25, -0.2) is 13.1 Å². The zero-order chi connectivity index (χ0) is 26.3. The maximum Gasteiger partial charge on any atom is 0.322 e. The third-order valence-electron chi connectivity index (χ3n) is 5.73. The molecule has 1 amide bonds. The van der Waals surface area contributed by atoms with Gasteiger partial charge in [0.2, 0.25) is 10.0 Å². The Morgan fingerprint density at radius 3 is 2.36 bits per heavy atom. The molecule has 0 saturated carbocycles. The molecule has 0 aliphatic carbocycles. The van der Waals surface area contributed by atoms with Gasteiger partial charge < -0.3 is 20.1 Å². The molecule has 1 heterocycles. The molecule has 0 radical (unpaired) electrons. The number of rotatable bonds is 12. The van der Waals surface area contributed by atoms with Crippen LogP contribution in [0, 0.1) is 0 Å². The topological polar surface area (TPSA) is 166 Å². The van der Waals surface area contributed by atoms with Crippen molar-refractivity contribution in [2.75, 3.05) is 25.2 Å². The van der Waals surface area contributed by atoms with Crippen LogP contribution in [-0.4, -0.2) is 89.8 Å². The number of aliphatic hydroxyl groups excluding tert-OH is 1. The van der Waals surface area contributed by atoms with Gasteiger partial charge >= 0.3 is 5.97 Å². The number of carboxylic acids is 1. The van der Waals surface area contributed by atoms with Gasteiger partial charge in [0, 0.05) is 12.1 Å². The minimum absolute atomic E-state index is 0.00695. The van der Waals surface area contributed by atoms with E-state index in [4.69, 9.17) is 4.74 Å². The number of aliphatic hydroxyl groups is 2. The molecule has 0 unspecified atom stereocenters. The second kappa shape index (κ2) is 12.1. The molecule has 1 aliphatic rings. The van der Waals surface area contributed by atoms with Crippen LogP contribution in [0.3, 0.4) is 0 Å². The molecule has 1 saturated heterocycles. The van der Waals surface area contributed by atoms with Gasteiger partial charge in [-0.15, -0.1) is 0 Å². The third-order valence-corrected chi connectivity index (χ3v) is 7.81. The Bertz CT molecular complexity index is 1140. The van der Waals surface area contributed by atoms with Crippen LogP contribution in [-0.2, 0) is 19.6 Å². The number of nitrogens with one attached hydrogen (secondary N) is 2. The predicted molar refractivity (Wildman–Crippen MR) is 132 cm³/mol. The number of nitrogens with zero attached hydrogens (tertiary/aromatic N) is 1. The van der Waals surface area contributed by atoms with Crippen LogP contribution >= 0.6 is 11.8 Å². The molecule has 2 aromatic rings. The summed E-state index contributed by atoms with van der Waals surface area (Å²) in [5.41, 5.74) is 0.287. The summed E-state index contributed by atoms with van der Waals surface area (Å²) < 4.78 is 32.9. The van der Waals surface area contributed by atoms with Gasteiger partial charge in [0.15, 0.2) is 5.72 Å². The van der Waals surface area contributed by atoms with Crippen molar-refractivity contribution in [1.82, 2.24) is 15.2 Å². The average molecular weight is 540 g/mol. The van der Waals surface area contributed by atoms with Crippen molar-refractivity contribution in [1.29, 1.82) is 0 Å². The summed E-state index contributed by atoms with van der Waals surface area (Å²) in [7, 11) is -3.93. The fourth-order valence-electron chi connectivity index (χ4n) is 3.76. The van der Waals surface area contributed by atoms with E-state index < -0.39 is 59.0 Å². The van der Waals surface area contributed by atoms with Crippen LogP contribution in [0.15, 0.2) is 65.6 Å². The Morgan fingerprint density at radius 2 is 1.78 bits per heavy atom. The van der Waals surface area contributed by atoms with Gasteiger partial charge in [-0.3, -0.25) is 15.0 Å². The van der Waals surface area contributed by atoms with Gasteiger partial charge in [-0.2, -0.15) is 16.8 Å². The maximum atomic E-state index is 12.9. The number of aliphatic carboxylic acids is 1. The first-order chi connectivity index (χ1) is 17.1.